The quantitative estimate of drug-likeness (QED) is 0.726. The Morgan fingerprint density at radius 1 is 0.970 bits per heavy atom. The van der Waals surface area contributed by atoms with Gasteiger partial charge in [0.15, 0.2) is 0 Å². The second kappa shape index (κ2) is 9.35. The Balaban J connectivity index is 1.49. The zero-order valence-corrected chi connectivity index (χ0v) is 20.3. The first kappa shape index (κ1) is 22.8. The molecule has 0 bridgehead atoms. The van der Waals surface area contributed by atoms with E-state index in [2.05, 4.69) is 41.2 Å². The highest BCUT2D eigenvalue weighted by atomic mass is 16.2. The third-order valence-electron chi connectivity index (χ3n) is 8.15. The molecule has 0 aromatic heterocycles. The van der Waals surface area contributed by atoms with Gasteiger partial charge in [-0.2, -0.15) is 5.53 Å². The molecule has 2 aliphatic carbocycles. The molecule has 7 nitrogen and oxygen atoms in total. The van der Waals surface area contributed by atoms with Crippen LogP contribution in [0.5, 0.6) is 0 Å². The number of hydrogen-bond acceptors (Lipinski definition) is 5. The summed E-state index contributed by atoms with van der Waals surface area (Å²) in [6.07, 6.45) is 11.2. The van der Waals surface area contributed by atoms with Crippen molar-refractivity contribution in [2.75, 3.05) is 23.4 Å². The molecule has 2 amide bonds. The van der Waals surface area contributed by atoms with Crippen LogP contribution in [0.1, 0.15) is 83.2 Å². The minimum atomic E-state index is -0.0244. The Morgan fingerprint density at radius 3 is 2.33 bits per heavy atom. The van der Waals surface area contributed by atoms with Gasteiger partial charge in [0.25, 0.3) is 0 Å². The van der Waals surface area contributed by atoms with Crippen LogP contribution in [0.25, 0.3) is 0 Å². The summed E-state index contributed by atoms with van der Waals surface area (Å²) in [6.45, 7) is 4.22. The van der Waals surface area contributed by atoms with Crippen LogP contribution in [0.2, 0.25) is 0 Å². The number of nitrogens with one attached hydrogen (secondary N) is 2. The molecule has 4 aliphatic rings. The molecule has 1 aromatic carbocycles. The van der Waals surface area contributed by atoms with Crippen LogP contribution in [0.3, 0.4) is 0 Å². The van der Waals surface area contributed by atoms with Gasteiger partial charge in [-0.3, -0.25) is 9.59 Å². The number of rotatable bonds is 3. The maximum Gasteiger partial charge on any atom is 0.230 e. The van der Waals surface area contributed by atoms with Gasteiger partial charge in [0, 0.05) is 32.5 Å². The van der Waals surface area contributed by atoms with Crippen molar-refractivity contribution in [3.8, 4) is 0 Å². The third-order valence-corrected chi connectivity index (χ3v) is 8.15. The summed E-state index contributed by atoms with van der Waals surface area (Å²) in [5.41, 5.74) is 9.83. The molecule has 2 heterocycles. The van der Waals surface area contributed by atoms with Crippen molar-refractivity contribution in [2.45, 2.75) is 89.8 Å². The van der Waals surface area contributed by atoms with Gasteiger partial charge in [0.2, 0.25) is 11.8 Å². The van der Waals surface area contributed by atoms with Gasteiger partial charge in [-0.1, -0.05) is 38.2 Å². The van der Waals surface area contributed by atoms with Crippen LogP contribution >= 0.6 is 0 Å². The lowest BCUT2D eigenvalue weighted by Gasteiger charge is -2.41. The first-order valence-corrected chi connectivity index (χ1v) is 12.9. The minimum absolute atomic E-state index is 0.0244. The van der Waals surface area contributed by atoms with Crippen molar-refractivity contribution in [1.82, 2.24) is 16.0 Å². The van der Waals surface area contributed by atoms with Crippen molar-refractivity contribution in [3.63, 3.8) is 0 Å². The smallest absolute Gasteiger partial charge is 0.230 e. The second-order valence-electron chi connectivity index (χ2n) is 10.6. The van der Waals surface area contributed by atoms with Crippen molar-refractivity contribution in [1.29, 1.82) is 0 Å². The summed E-state index contributed by atoms with van der Waals surface area (Å²) < 4.78 is 0. The Bertz CT molecular complexity index is 893. The Hall–Kier alpha value is -1.96. The van der Waals surface area contributed by atoms with Gasteiger partial charge in [-0.25, -0.2) is 10.4 Å². The Morgan fingerprint density at radius 2 is 1.67 bits per heavy atom. The van der Waals surface area contributed by atoms with Crippen LogP contribution in [0.15, 0.2) is 18.2 Å². The van der Waals surface area contributed by atoms with E-state index < -0.39 is 0 Å². The second-order valence-corrected chi connectivity index (χ2v) is 10.6. The zero-order chi connectivity index (χ0) is 23.1. The van der Waals surface area contributed by atoms with Crippen molar-refractivity contribution in [3.05, 3.63) is 23.8 Å². The highest BCUT2D eigenvalue weighted by Crippen LogP contribution is 2.43. The zero-order valence-electron chi connectivity index (χ0n) is 20.3. The Kier molecular flexibility index (Phi) is 6.47. The molecule has 0 spiro atoms. The molecule has 2 aliphatic heterocycles. The predicted octanol–water partition coefficient (Wildman–Crippen LogP) is 3.91. The summed E-state index contributed by atoms with van der Waals surface area (Å²) in [6, 6.07) is 6.87. The van der Waals surface area contributed by atoms with E-state index in [1.165, 1.54) is 50.5 Å². The number of likely N-dealkylation sites (N-methyl/N-ethyl adjacent to an activating group) is 1. The lowest BCUT2D eigenvalue weighted by Crippen LogP contribution is -2.51. The van der Waals surface area contributed by atoms with E-state index in [-0.39, 0.29) is 29.8 Å². The van der Waals surface area contributed by atoms with E-state index in [9.17, 15) is 9.59 Å². The minimum Gasteiger partial charge on any atom is -0.308 e. The van der Waals surface area contributed by atoms with E-state index >= 15 is 0 Å². The largest absolute Gasteiger partial charge is 0.308 e. The number of carbonyl (C=O) groups excluding carboxylic acids is 2. The lowest BCUT2D eigenvalue weighted by molar-refractivity contribution is -0.120. The molecule has 2 N–H and O–H groups in total. The molecule has 1 saturated heterocycles. The summed E-state index contributed by atoms with van der Waals surface area (Å²) in [4.78, 5) is 29.5. The molecule has 2 saturated carbocycles. The molecular formula is C26H39N5O2. The molecule has 5 rings (SSSR count). The molecular weight excluding hydrogens is 414 g/mol. The molecule has 3 atom stereocenters. The van der Waals surface area contributed by atoms with Crippen LogP contribution < -0.4 is 20.8 Å². The normalized spacial score (nSPS) is 29.5. The van der Waals surface area contributed by atoms with Crippen LogP contribution in [-0.2, 0) is 9.59 Å². The number of benzene rings is 1. The standard InChI is InChI=1S/C26H39N5O2/c1-17-16-30(26(33)20-11-12-20)23-15-21(13-14-22(23)31(17)18(2)32)24-25(29(3)28-27-24)19-9-7-5-4-6-8-10-19/h13-15,17,19-20,24-25,27-28H,4-12,16H2,1-3H3/t17-,24?,25?/m0/s1. The predicted molar refractivity (Wildman–Crippen MR) is 131 cm³/mol. The van der Waals surface area contributed by atoms with Gasteiger partial charge >= 0.3 is 0 Å². The monoisotopic (exact) mass is 453 g/mol. The molecule has 1 aromatic rings. The average Bonchev–Trinajstić information content (AvgIpc) is 3.55. The van der Waals surface area contributed by atoms with E-state index in [0.717, 1.165) is 24.2 Å². The third kappa shape index (κ3) is 4.43. The van der Waals surface area contributed by atoms with Crippen molar-refractivity contribution < 1.29 is 9.59 Å². The first-order chi connectivity index (χ1) is 16.0. The highest BCUT2D eigenvalue weighted by Gasteiger charge is 2.42. The molecule has 7 heteroatoms. The molecule has 180 valence electrons. The lowest BCUT2D eigenvalue weighted by atomic mass is 9.81. The van der Waals surface area contributed by atoms with Crippen molar-refractivity contribution in [2.24, 2.45) is 11.8 Å². The van der Waals surface area contributed by atoms with Gasteiger partial charge in [0.05, 0.1) is 23.5 Å². The van der Waals surface area contributed by atoms with Gasteiger partial charge < -0.3 is 9.80 Å². The van der Waals surface area contributed by atoms with Gasteiger partial charge in [-0.05, 0) is 56.2 Å². The van der Waals surface area contributed by atoms with E-state index in [0.29, 0.717) is 18.5 Å². The fourth-order valence-corrected chi connectivity index (χ4v) is 6.33. The molecule has 0 radical (unpaired) electrons. The summed E-state index contributed by atoms with van der Waals surface area (Å²) >= 11 is 0. The maximum atomic E-state index is 13.2. The number of amides is 2. The number of anilines is 2. The molecule has 33 heavy (non-hydrogen) atoms. The fourth-order valence-electron chi connectivity index (χ4n) is 6.33. The topological polar surface area (TPSA) is 67.9 Å². The number of nitrogens with zero attached hydrogens (tertiary/aromatic N) is 3. The maximum absolute atomic E-state index is 13.2. The average molecular weight is 454 g/mol. The summed E-state index contributed by atoms with van der Waals surface area (Å²) in [7, 11) is 2.14. The number of carbonyl (C=O) groups is 2. The Labute approximate surface area is 197 Å². The van der Waals surface area contributed by atoms with Crippen LogP contribution in [-0.4, -0.2) is 42.5 Å². The first-order valence-electron chi connectivity index (χ1n) is 12.9. The highest BCUT2D eigenvalue weighted by molar-refractivity contribution is 6.05. The molecule has 2 unspecified atom stereocenters. The summed E-state index contributed by atoms with van der Waals surface area (Å²) in [5.74, 6) is 1.03. The number of fused-ring (bicyclic) bond motifs is 1. The van der Waals surface area contributed by atoms with Gasteiger partial charge in [-0.15, -0.1) is 0 Å². The van der Waals surface area contributed by atoms with Gasteiger partial charge in [0.1, 0.15) is 0 Å². The number of hydrogen-bond donors (Lipinski definition) is 2. The van der Waals surface area contributed by atoms with Crippen molar-refractivity contribution >= 4 is 23.2 Å². The van der Waals surface area contributed by atoms with Crippen LogP contribution in [0, 0.1) is 11.8 Å². The van der Waals surface area contributed by atoms with E-state index in [4.69, 9.17) is 0 Å². The van der Waals surface area contributed by atoms with E-state index in [1.807, 2.05) is 16.7 Å². The van der Waals surface area contributed by atoms with Crippen LogP contribution in [0.4, 0.5) is 11.4 Å². The van der Waals surface area contributed by atoms with E-state index in [1.54, 1.807) is 6.92 Å². The fraction of sp³-hybridized carbons (Fsp3) is 0.692. The molecule has 3 fully saturated rings. The number of hydrazine groups is 2. The summed E-state index contributed by atoms with van der Waals surface area (Å²) in [5, 5.41) is 2.24. The SMILES string of the molecule is CC(=O)N1c2ccc(C3NNN(C)C3C3CCCCCCC3)cc2N(C(=O)C2CC2)C[C@@H]1C.